The summed E-state index contributed by atoms with van der Waals surface area (Å²) in [5, 5.41) is 4.36. The van der Waals surface area contributed by atoms with Crippen LogP contribution in [0.1, 0.15) is 45.1 Å². The maximum atomic E-state index is 5.70. The molecule has 0 fully saturated rings. The summed E-state index contributed by atoms with van der Waals surface area (Å²) >= 11 is 1.76. The van der Waals surface area contributed by atoms with Crippen LogP contribution in [0.2, 0.25) is 0 Å². The molecular weight excluding hydrogens is 216 g/mol. The molecule has 0 saturated heterocycles. The smallest absolute Gasteiger partial charge is 0.0279 e. The van der Waals surface area contributed by atoms with E-state index >= 15 is 0 Å². The molecule has 0 aliphatic rings. The zero-order valence-corrected chi connectivity index (χ0v) is 11.2. The third-order valence-electron chi connectivity index (χ3n) is 3.14. The fourth-order valence-electron chi connectivity index (χ4n) is 2.31. The first-order valence-electron chi connectivity index (χ1n) is 6.29. The Kier molecular flexibility index (Phi) is 6.69. The first-order chi connectivity index (χ1) is 7.81. The van der Waals surface area contributed by atoms with Crippen molar-refractivity contribution in [1.82, 2.24) is 5.43 Å². The van der Waals surface area contributed by atoms with E-state index < -0.39 is 0 Å². The molecule has 2 nitrogen and oxygen atoms in total. The molecule has 1 aromatic heterocycles. The zero-order chi connectivity index (χ0) is 11.8. The minimum Gasteiger partial charge on any atom is -0.271 e. The summed E-state index contributed by atoms with van der Waals surface area (Å²) in [5.74, 6) is 6.41. The zero-order valence-electron chi connectivity index (χ0n) is 10.4. The van der Waals surface area contributed by atoms with E-state index in [4.69, 9.17) is 5.84 Å². The Morgan fingerprint density at radius 2 is 2.00 bits per heavy atom. The molecule has 1 aromatic rings. The fourth-order valence-corrected chi connectivity index (χ4v) is 2.99. The van der Waals surface area contributed by atoms with Gasteiger partial charge in [-0.3, -0.25) is 11.3 Å². The molecule has 92 valence electrons. The number of nitrogens with two attached hydrogens (primary N) is 1. The highest BCUT2D eigenvalue weighted by Gasteiger charge is 2.19. The molecule has 0 spiro atoms. The molecule has 0 aliphatic heterocycles. The minimum absolute atomic E-state index is 0.425. The minimum atomic E-state index is 0.425. The highest BCUT2D eigenvalue weighted by molar-refractivity contribution is 7.07. The third-order valence-corrected chi connectivity index (χ3v) is 3.87. The lowest BCUT2D eigenvalue weighted by molar-refractivity contribution is 0.311. The number of hydrazine groups is 1. The Balaban J connectivity index is 2.55. The van der Waals surface area contributed by atoms with E-state index in [1.807, 2.05) is 0 Å². The van der Waals surface area contributed by atoms with Gasteiger partial charge in [0.15, 0.2) is 0 Å². The van der Waals surface area contributed by atoms with E-state index in [0.717, 1.165) is 6.42 Å². The molecule has 1 atom stereocenters. The monoisotopic (exact) mass is 240 g/mol. The molecule has 1 rings (SSSR count). The summed E-state index contributed by atoms with van der Waals surface area (Å²) in [7, 11) is 0. The van der Waals surface area contributed by atoms with Gasteiger partial charge < -0.3 is 0 Å². The van der Waals surface area contributed by atoms with E-state index in [0.29, 0.717) is 12.0 Å². The van der Waals surface area contributed by atoms with Crippen molar-refractivity contribution < 1.29 is 0 Å². The molecule has 0 aliphatic carbocycles. The lowest BCUT2D eigenvalue weighted by Gasteiger charge is -2.26. The van der Waals surface area contributed by atoms with Gasteiger partial charge in [0, 0.05) is 6.04 Å². The van der Waals surface area contributed by atoms with Gasteiger partial charge in [0.05, 0.1) is 0 Å². The van der Waals surface area contributed by atoms with Crippen LogP contribution in [0.4, 0.5) is 0 Å². The van der Waals surface area contributed by atoms with Crippen LogP contribution >= 0.6 is 11.3 Å². The van der Waals surface area contributed by atoms with Crippen molar-refractivity contribution in [2.24, 2.45) is 11.8 Å². The van der Waals surface area contributed by atoms with Crippen LogP contribution in [0.3, 0.4) is 0 Å². The molecule has 0 bridgehead atoms. The Bertz CT molecular complexity index is 253. The standard InChI is InChI=1S/C13H24N2S/c1-3-5-12(6-4-2)13(15-14)9-11-7-8-16-10-11/h7-8,10,12-13,15H,3-6,9,14H2,1-2H3. The summed E-state index contributed by atoms with van der Waals surface area (Å²) in [6, 6.07) is 2.62. The summed E-state index contributed by atoms with van der Waals surface area (Å²) in [4.78, 5) is 0. The van der Waals surface area contributed by atoms with E-state index in [-0.39, 0.29) is 0 Å². The van der Waals surface area contributed by atoms with Crippen molar-refractivity contribution in [2.75, 3.05) is 0 Å². The average Bonchev–Trinajstić information content (AvgIpc) is 2.78. The topological polar surface area (TPSA) is 38.0 Å². The first-order valence-corrected chi connectivity index (χ1v) is 7.23. The average molecular weight is 240 g/mol. The second-order valence-electron chi connectivity index (χ2n) is 4.45. The number of rotatable bonds is 8. The first kappa shape index (κ1) is 13.7. The van der Waals surface area contributed by atoms with Crippen LogP contribution < -0.4 is 11.3 Å². The number of hydrogen-bond donors (Lipinski definition) is 2. The quantitative estimate of drug-likeness (QED) is 0.540. The number of thiophene rings is 1. The second kappa shape index (κ2) is 7.82. The summed E-state index contributed by atoms with van der Waals surface area (Å²) in [5.41, 5.74) is 4.42. The van der Waals surface area contributed by atoms with Crippen molar-refractivity contribution in [1.29, 1.82) is 0 Å². The van der Waals surface area contributed by atoms with Gasteiger partial charge in [-0.1, -0.05) is 26.7 Å². The van der Waals surface area contributed by atoms with Crippen LogP contribution in [0, 0.1) is 5.92 Å². The van der Waals surface area contributed by atoms with Gasteiger partial charge in [-0.15, -0.1) is 0 Å². The maximum Gasteiger partial charge on any atom is 0.0279 e. The maximum absolute atomic E-state index is 5.70. The largest absolute Gasteiger partial charge is 0.271 e. The Morgan fingerprint density at radius 1 is 1.31 bits per heavy atom. The molecule has 1 heterocycles. The Hall–Kier alpha value is -0.380. The predicted molar refractivity (Wildman–Crippen MR) is 72.4 cm³/mol. The van der Waals surface area contributed by atoms with E-state index in [1.54, 1.807) is 11.3 Å². The van der Waals surface area contributed by atoms with Crippen LogP contribution in [0.25, 0.3) is 0 Å². The molecular formula is C13H24N2S. The predicted octanol–water partition coefficient (Wildman–Crippen LogP) is 3.34. The van der Waals surface area contributed by atoms with Gasteiger partial charge in [-0.2, -0.15) is 11.3 Å². The molecule has 16 heavy (non-hydrogen) atoms. The molecule has 3 heteroatoms. The second-order valence-corrected chi connectivity index (χ2v) is 5.23. The van der Waals surface area contributed by atoms with Crippen LogP contribution in [0.5, 0.6) is 0 Å². The van der Waals surface area contributed by atoms with E-state index in [1.165, 1.54) is 31.2 Å². The molecule has 3 N–H and O–H groups in total. The van der Waals surface area contributed by atoms with Gasteiger partial charge >= 0.3 is 0 Å². The fraction of sp³-hybridized carbons (Fsp3) is 0.692. The highest BCUT2D eigenvalue weighted by Crippen LogP contribution is 2.21. The van der Waals surface area contributed by atoms with Crippen LogP contribution in [0.15, 0.2) is 16.8 Å². The van der Waals surface area contributed by atoms with Crippen molar-refractivity contribution >= 4 is 11.3 Å². The summed E-state index contributed by atoms with van der Waals surface area (Å²) in [6.07, 6.45) is 6.09. The van der Waals surface area contributed by atoms with E-state index in [9.17, 15) is 0 Å². The van der Waals surface area contributed by atoms with Crippen molar-refractivity contribution in [3.8, 4) is 0 Å². The summed E-state index contributed by atoms with van der Waals surface area (Å²) < 4.78 is 0. The Labute approximate surface area is 103 Å². The molecule has 0 saturated carbocycles. The van der Waals surface area contributed by atoms with Gasteiger partial charge in [0.1, 0.15) is 0 Å². The van der Waals surface area contributed by atoms with Gasteiger partial charge in [-0.05, 0) is 47.6 Å². The van der Waals surface area contributed by atoms with Gasteiger partial charge in [0.25, 0.3) is 0 Å². The molecule has 1 unspecified atom stereocenters. The Morgan fingerprint density at radius 3 is 2.44 bits per heavy atom. The molecule has 0 aromatic carbocycles. The lowest BCUT2D eigenvalue weighted by Crippen LogP contribution is -2.42. The normalized spacial score (nSPS) is 13.2. The molecule has 0 amide bonds. The molecule has 0 radical (unpaired) electrons. The van der Waals surface area contributed by atoms with Gasteiger partial charge in [0.2, 0.25) is 0 Å². The third kappa shape index (κ3) is 4.24. The van der Waals surface area contributed by atoms with Crippen molar-refractivity contribution in [3.05, 3.63) is 22.4 Å². The number of hydrogen-bond acceptors (Lipinski definition) is 3. The SMILES string of the molecule is CCCC(CCC)C(Cc1ccsc1)NN. The van der Waals surface area contributed by atoms with Gasteiger partial charge in [-0.25, -0.2) is 0 Å². The van der Waals surface area contributed by atoms with Crippen molar-refractivity contribution in [2.45, 2.75) is 52.0 Å². The summed E-state index contributed by atoms with van der Waals surface area (Å²) in [6.45, 7) is 4.50. The van der Waals surface area contributed by atoms with Crippen molar-refractivity contribution in [3.63, 3.8) is 0 Å². The van der Waals surface area contributed by atoms with Crippen LogP contribution in [-0.4, -0.2) is 6.04 Å². The van der Waals surface area contributed by atoms with Crippen LogP contribution in [-0.2, 0) is 6.42 Å². The number of nitrogens with one attached hydrogen (secondary N) is 1. The lowest BCUT2D eigenvalue weighted by atomic mass is 9.87. The highest BCUT2D eigenvalue weighted by atomic mass is 32.1. The van der Waals surface area contributed by atoms with E-state index in [2.05, 4.69) is 36.1 Å².